The quantitative estimate of drug-likeness (QED) is 0.222. The predicted molar refractivity (Wildman–Crippen MR) is 188 cm³/mol. The van der Waals surface area contributed by atoms with E-state index in [0.29, 0.717) is 75.9 Å². The largest absolute Gasteiger partial charge is 0.491 e. The van der Waals surface area contributed by atoms with Crippen molar-refractivity contribution in [3.63, 3.8) is 0 Å². The van der Waals surface area contributed by atoms with E-state index in [9.17, 15) is 18.0 Å². The fourth-order valence-corrected chi connectivity index (χ4v) is 8.14. The molecule has 1 atom stereocenters. The number of carbonyl (C=O) groups is 1. The summed E-state index contributed by atoms with van der Waals surface area (Å²) in [5, 5.41) is 3.30. The van der Waals surface area contributed by atoms with Crippen LogP contribution in [0.3, 0.4) is 0 Å². The molecule has 1 N–H and O–H groups in total. The van der Waals surface area contributed by atoms with Crippen LogP contribution in [0.4, 0.5) is 0 Å². The molecule has 0 spiro atoms. The van der Waals surface area contributed by atoms with Crippen molar-refractivity contribution in [3.8, 4) is 17.0 Å². The molecule has 4 aromatic rings. The lowest BCUT2D eigenvalue weighted by molar-refractivity contribution is 0.0552. The molecule has 11 nitrogen and oxygen atoms in total. The molecule has 12 heteroatoms. The molecular weight excluding hydrogens is 643 g/mol. The fraction of sp³-hybridized carbons (Fsp3) is 0.405. The van der Waals surface area contributed by atoms with Gasteiger partial charge in [0.25, 0.3) is 5.91 Å². The summed E-state index contributed by atoms with van der Waals surface area (Å²) in [6.07, 6.45) is 1.27. The molecule has 1 amide bonds. The van der Waals surface area contributed by atoms with E-state index in [1.54, 1.807) is 44.4 Å². The van der Waals surface area contributed by atoms with Crippen LogP contribution in [-0.4, -0.2) is 91.3 Å². The molecule has 0 saturated carbocycles. The number of nitrogens with zero attached hydrogens (tertiary/aromatic N) is 4. The highest BCUT2D eigenvalue weighted by Crippen LogP contribution is 2.33. The average molecular weight is 688 g/mol. The number of imidazole rings is 1. The third-order valence-corrected chi connectivity index (χ3v) is 10.9. The number of hydrogen-bond acceptors (Lipinski definition) is 7. The molecule has 1 unspecified atom stereocenters. The third-order valence-electron chi connectivity index (χ3n) is 8.97. The van der Waals surface area contributed by atoms with Crippen LogP contribution in [0.2, 0.25) is 0 Å². The number of piperazine rings is 1. The van der Waals surface area contributed by atoms with E-state index in [0.717, 1.165) is 11.1 Å². The second-order valence-electron chi connectivity index (χ2n) is 12.7. The summed E-state index contributed by atoms with van der Waals surface area (Å²) in [4.78, 5) is 31.3. The summed E-state index contributed by atoms with van der Waals surface area (Å²) in [5.74, 6) is 0.420. The number of carbonyl (C=O) groups excluding carboxylic acids is 1. The van der Waals surface area contributed by atoms with Crippen molar-refractivity contribution in [2.24, 2.45) is 0 Å². The maximum Gasteiger partial charge on any atom is 0.329 e. The van der Waals surface area contributed by atoms with E-state index in [4.69, 9.17) is 9.47 Å². The summed E-state index contributed by atoms with van der Waals surface area (Å²) in [6, 6.07) is 24.9. The Morgan fingerprint density at radius 3 is 2.35 bits per heavy atom. The van der Waals surface area contributed by atoms with Crippen LogP contribution in [0.1, 0.15) is 48.8 Å². The number of hydrogen-bond donors (Lipinski definition) is 1. The van der Waals surface area contributed by atoms with Crippen molar-refractivity contribution >= 4 is 15.9 Å². The Bertz CT molecular complexity index is 1890. The zero-order valence-corrected chi connectivity index (χ0v) is 29.0. The van der Waals surface area contributed by atoms with E-state index >= 15 is 0 Å². The maximum atomic E-state index is 14.8. The van der Waals surface area contributed by atoms with Gasteiger partial charge in [0.1, 0.15) is 18.1 Å². The number of amides is 1. The zero-order chi connectivity index (χ0) is 34.4. The van der Waals surface area contributed by atoms with Crippen molar-refractivity contribution in [1.82, 2.24) is 23.7 Å². The van der Waals surface area contributed by atoms with Gasteiger partial charge in [-0.05, 0) is 56.5 Å². The van der Waals surface area contributed by atoms with Gasteiger partial charge < -0.3 is 19.7 Å². The highest BCUT2D eigenvalue weighted by molar-refractivity contribution is 7.89. The summed E-state index contributed by atoms with van der Waals surface area (Å²) < 4.78 is 43.8. The van der Waals surface area contributed by atoms with Crippen LogP contribution in [0.15, 0.2) is 94.6 Å². The van der Waals surface area contributed by atoms with Crippen LogP contribution in [0.5, 0.6) is 5.75 Å². The van der Waals surface area contributed by atoms with Gasteiger partial charge in [0, 0.05) is 44.8 Å². The Balaban J connectivity index is 1.44. The van der Waals surface area contributed by atoms with Crippen LogP contribution in [0.25, 0.3) is 11.3 Å². The van der Waals surface area contributed by atoms with Crippen LogP contribution < -0.4 is 15.7 Å². The number of ether oxygens (including phenoxy) is 2. The third kappa shape index (κ3) is 7.83. The molecule has 2 aliphatic rings. The highest BCUT2D eigenvalue weighted by Gasteiger charge is 2.37. The van der Waals surface area contributed by atoms with Gasteiger partial charge >= 0.3 is 5.69 Å². The molecule has 0 radical (unpaired) electrons. The molecule has 260 valence electrons. The Kier molecular flexibility index (Phi) is 11.0. The summed E-state index contributed by atoms with van der Waals surface area (Å²) in [6.45, 7) is 7.73. The molecule has 2 aliphatic heterocycles. The predicted octanol–water partition coefficient (Wildman–Crippen LogP) is 4.24. The number of rotatable bonds is 12. The molecule has 1 aromatic heterocycles. The van der Waals surface area contributed by atoms with Crippen molar-refractivity contribution in [2.75, 3.05) is 52.5 Å². The normalized spacial score (nSPS) is 17.4. The number of benzene rings is 3. The Hall–Kier alpha value is -4.23. The van der Waals surface area contributed by atoms with E-state index < -0.39 is 16.1 Å². The minimum atomic E-state index is -3.79. The maximum absolute atomic E-state index is 14.8. The smallest absolute Gasteiger partial charge is 0.329 e. The molecule has 0 bridgehead atoms. The van der Waals surface area contributed by atoms with Crippen molar-refractivity contribution in [2.45, 2.75) is 50.3 Å². The first-order chi connectivity index (χ1) is 23.7. The van der Waals surface area contributed by atoms with Crippen molar-refractivity contribution in [3.05, 3.63) is 107 Å². The van der Waals surface area contributed by atoms with Gasteiger partial charge in [0.2, 0.25) is 10.0 Å². The van der Waals surface area contributed by atoms with Crippen molar-refractivity contribution in [1.29, 1.82) is 0 Å². The Labute approximate surface area is 288 Å². The van der Waals surface area contributed by atoms with E-state index in [1.807, 2.05) is 68.4 Å². The topological polar surface area (TPSA) is 115 Å². The summed E-state index contributed by atoms with van der Waals surface area (Å²) in [7, 11) is -3.79. The van der Waals surface area contributed by atoms with Crippen LogP contribution in [-0.2, 0) is 21.3 Å². The monoisotopic (exact) mass is 687 g/mol. The molecule has 0 aliphatic carbocycles. The SMILES string of the molecule is CC(C)OCCOc1cccc(Cn2c(C(=O)N3CCNCC3)c(-c3ccccc3)n(C3CCCN(S(=O)(=O)c4ccccc4)C3)c2=O)c1. The van der Waals surface area contributed by atoms with Gasteiger partial charge in [-0.2, -0.15) is 4.31 Å². The lowest BCUT2D eigenvalue weighted by atomic mass is 10.0. The van der Waals surface area contributed by atoms with Gasteiger partial charge in [-0.15, -0.1) is 0 Å². The molecule has 2 fully saturated rings. The number of piperidine rings is 1. The molecule has 3 aromatic carbocycles. The Morgan fingerprint density at radius 2 is 1.63 bits per heavy atom. The van der Waals surface area contributed by atoms with Gasteiger partial charge in [-0.3, -0.25) is 13.9 Å². The Morgan fingerprint density at radius 1 is 0.918 bits per heavy atom. The first-order valence-corrected chi connectivity index (χ1v) is 18.5. The minimum absolute atomic E-state index is 0.103. The molecular formula is C37H45N5O6S. The van der Waals surface area contributed by atoms with E-state index in [-0.39, 0.29) is 35.7 Å². The summed E-state index contributed by atoms with van der Waals surface area (Å²) in [5.41, 5.74) is 1.99. The zero-order valence-electron chi connectivity index (χ0n) is 28.2. The lowest BCUT2D eigenvalue weighted by Gasteiger charge is -2.33. The lowest BCUT2D eigenvalue weighted by Crippen LogP contribution is -2.47. The van der Waals surface area contributed by atoms with Gasteiger partial charge in [0.05, 0.1) is 35.9 Å². The number of aromatic nitrogens is 2. The average Bonchev–Trinajstić information content (AvgIpc) is 3.42. The second kappa shape index (κ2) is 15.5. The number of sulfonamides is 1. The highest BCUT2D eigenvalue weighted by atomic mass is 32.2. The van der Waals surface area contributed by atoms with Gasteiger partial charge in [0.15, 0.2) is 0 Å². The molecule has 49 heavy (non-hydrogen) atoms. The van der Waals surface area contributed by atoms with E-state index in [1.165, 1.54) is 4.31 Å². The first kappa shape index (κ1) is 34.6. The van der Waals surface area contributed by atoms with Gasteiger partial charge in [-0.1, -0.05) is 60.7 Å². The molecule has 6 rings (SSSR count). The van der Waals surface area contributed by atoms with Gasteiger partial charge in [-0.25, -0.2) is 13.2 Å². The first-order valence-electron chi connectivity index (χ1n) is 17.0. The minimum Gasteiger partial charge on any atom is -0.491 e. The molecule has 2 saturated heterocycles. The van der Waals surface area contributed by atoms with Crippen molar-refractivity contribution < 1.29 is 22.7 Å². The van der Waals surface area contributed by atoms with Crippen LogP contribution in [0, 0.1) is 0 Å². The number of nitrogens with one attached hydrogen (secondary N) is 1. The fourth-order valence-electron chi connectivity index (χ4n) is 6.61. The van der Waals surface area contributed by atoms with Crippen LogP contribution >= 0.6 is 0 Å². The summed E-state index contributed by atoms with van der Waals surface area (Å²) >= 11 is 0. The van der Waals surface area contributed by atoms with E-state index in [2.05, 4.69) is 5.32 Å². The standard InChI is InChI=1S/C37H45N5O6S/c1-28(2)47-23-24-48-32-15-9-11-29(25-32)26-41-35(36(43)39-21-18-38-19-22-39)34(30-12-5-3-6-13-30)42(37(41)44)31-14-10-20-40(27-31)49(45,46)33-16-7-4-8-17-33/h3-9,11-13,15-17,25,28,31,38H,10,14,18-24,26-27H2,1-2H3. The second-order valence-corrected chi connectivity index (χ2v) is 14.7. The molecule has 3 heterocycles.